The van der Waals surface area contributed by atoms with Crippen molar-refractivity contribution in [1.82, 2.24) is 2.78 Å². The average molecular weight is 307 g/mol. The monoisotopic (exact) mass is 307 g/mol. The van der Waals surface area contributed by atoms with E-state index in [4.69, 9.17) is 0 Å². The third kappa shape index (κ3) is 1.24. The summed E-state index contributed by atoms with van der Waals surface area (Å²) < 4.78 is 28.6. The van der Waals surface area contributed by atoms with E-state index in [0.29, 0.717) is 10.9 Å². The largest absolute Gasteiger partial charge is 0.287 e. The molecule has 0 bridgehead atoms. The van der Waals surface area contributed by atoms with Crippen molar-refractivity contribution in [3.63, 3.8) is 0 Å². The Balaban J connectivity index is 2.98. The standard InChI is InChI=1S/C10H8F2IN/c1-5-3-7-9(14(5)13)4-8(11)6(2)10(7)12/h3-4H,1-2H3. The molecule has 0 aliphatic carbocycles. The van der Waals surface area contributed by atoms with Crippen LogP contribution in [0.2, 0.25) is 0 Å². The number of halogens is 3. The Morgan fingerprint density at radius 1 is 1.21 bits per heavy atom. The summed E-state index contributed by atoms with van der Waals surface area (Å²) in [4.78, 5) is 0. The molecule has 74 valence electrons. The minimum Gasteiger partial charge on any atom is -0.287 e. The van der Waals surface area contributed by atoms with Crippen LogP contribution in [0.4, 0.5) is 8.78 Å². The average Bonchev–Trinajstić information content (AvgIpc) is 2.42. The highest BCUT2D eigenvalue weighted by molar-refractivity contribution is 14.1. The fourth-order valence-electron chi connectivity index (χ4n) is 1.48. The molecule has 2 aromatic rings. The highest BCUT2D eigenvalue weighted by Crippen LogP contribution is 2.27. The summed E-state index contributed by atoms with van der Waals surface area (Å²) in [7, 11) is 0. The molecular formula is C10H8F2IN. The number of aryl methyl sites for hydroxylation is 1. The summed E-state index contributed by atoms with van der Waals surface area (Å²) in [5.74, 6) is -0.954. The minimum atomic E-state index is -0.494. The fraction of sp³-hybridized carbons (Fsp3) is 0.200. The quantitative estimate of drug-likeness (QED) is 0.654. The van der Waals surface area contributed by atoms with Gasteiger partial charge in [-0.05, 0) is 26.0 Å². The van der Waals surface area contributed by atoms with Crippen LogP contribution in [0, 0.1) is 25.5 Å². The zero-order chi connectivity index (χ0) is 10.5. The molecular weight excluding hydrogens is 299 g/mol. The van der Waals surface area contributed by atoms with Crippen molar-refractivity contribution < 1.29 is 8.78 Å². The van der Waals surface area contributed by atoms with Gasteiger partial charge in [0, 0.05) is 16.6 Å². The molecule has 0 radical (unpaired) electrons. The number of hydrogen-bond acceptors (Lipinski definition) is 0. The number of benzene rings is 1. The van der Waals surface area contributed by atoms with Gasteiger partial charge in [-0.2, -0.15) is 0 Å². The second-order valence-corrected chi connectivity index (χ2v) is 4.26. The van der Waals surface area contributed by atoms with E-state index in [1.165, 1.54) is 13.0 Å². The van der Waals surface area contributed by atoms with E-state index in [-0.39, 0.29) is 5.56 Å². The third-order valence-corrected chi connectivity index (χ3v) is 3.62. The van der Waals surface area contributed by atoms with E-state index in [9.17, 15) is 8.78 Å². The molecule has 0 spiro atoms. The van der Waals surface area contributed by atoms with Crippen LogP contribution < -0.4 is 0 Å². The summed E-state index contributed by atoms with van der Waals surface area (Å²) in [6.07, 6.45) is 0. The maximum Gasteiger partial charge on any atom is 0.138 e. The van der Waals surface area contributed by atoms with Crippen molar-refractivity contribution in [2.45, 2.75) is 13.8 Å². The molecule has 1 heterocycles. The Hall–Kier alpha value is -0.650. The molecule has 0 atom stereocenters. The van der Waals surface area contributed by atoms with Gasteiger partial charge in [0.2, 0.25) is 0 Å². The summed E-state index contributed by atoms with van der Waals surface area (Å²) >= 11 is 2.03. The van der Waals surface area contributed by atoms with Gasteiger partial charge >= 0.3 is 0 Å². The number of hydrogen-bond donors (Lipinski definition) is 0. The Kier molecular flexibility index (Phi) is 2.25. The van der Waals surface area contributed by atoms with Gasteiger partial charge in [-0.3, -0.25) is 2.78 Å². The van der Waals surface area contributed by atoms with Crippen molar-refractivity contribution in [3.8, 4) is 0 Å². The van der Waals surface area contributed by atoms with Crippen molar-refractivity contribution in [1.29, 1.82) is 0 Å². The Morgan fingerprint density at radius 3 is 2.50 bits per heavy atom. The highest BCUT2D eigenvalue weighted by Gasteiger charge is 2.13. The van der Waals surface area contributed by atoms with Crippen LogP contribution in [0.1, 0.15) is 11.3 Å². The second-order valence-electron chi connectivity index (χ2n) is 3.30. The van der Waals surface area contributed by atoms with Crippen LogP contribution in [-0.4, -0.2) is 2.78 Å². The van der Waals surface area contributed by atoms with Gasteiger partial charge in [-0.25, -0.2) is 8.78 Å². The molecule has 0 fully saturated rings. The van der Waals surface area contributed by atoms with Crippen molar-refractivity contribution >= 4 is 33.8 Å². The first-order valence-corrected chi connectivity index (χ1v) is 5.11. The molecule has 0 aliphatic heterocycles. The van der Waals surface area contributed by atoms with Crippen molar-refractivity contribution in [2.75, 3.05) is 0 Å². The molecule has 1 aromatic heterocycles. The lowest BCUT2D eigenvalue weighted by molar-refractivity contribution is 0.577. The maximum atomic E-state index is 13.6. The van der Waals surface area contributed by atoms with E-state index in [1.54, 1.807) is 8.85 Å². The van der Waals surface area contributed by atoms with Gasteiger partial charge in [0.15, 0.2) is 0 Å². The molecule has 2 rings (SSSR count). The van der Waals surface area contributed by atoms with Gasteiger partial charge in [0.05, 0.1) is 28.4 Å². The van der Waals surface area contributed by atoms with Crippen LogP contribution in [0.25, 0.3) is 10.9 Å². The van der Waals surface area contributed by atoms with Gasteiger partial charge in [-0.1, -0.05) is 0 Å². The SMILES string of the molecule is Cc1c(F)cc2c(cc(C)n2I)c1F. The molecule has 0 N–H and O–H groups in total. The lowest BCUT2D eigenvalue weighted by atomic mass is 10.1. The predicted octanol–water partition coefficient (Wildman–Crippen LogP) is 3.73. The van der Waals surface area contributed by atoms with E-state index < -0.39 is 11.6 Å². The first-order valence-electron chi connectivity index (χ1n) is 4.15. The van der Waals surface area contributed by atoms with E-state index in [1.807, 2.05) is 29.8 Å². The van der Waals surface area contributed by atoms with E-state index in [0.717, 1.165) is 5.69 Å². The van der Waals surface area contributed by atoms with E-state index >= 15 is 0 Å². The van der Waals surface area contributed by atoms with Crippen LogP contribution in [0.3, 0.4) is 0 Å². The fourth-order valence-corrected chi connectivity index (χ4v) is 2.02. The van der Waals surface area contributed by atoms with Crippen molar-refractivity contribution in [3.05, 3.63) is 35.0 Å². The van der Waals surface area contributed by atoms with Crippen LogP contribution in [0.15, 0.2) is 12.1 Å². The normalized spacial score (nSPS) is 11.2. The molecule has 1 nitrogen and oxygen atoms in total. The van der Waals surface area contributed by atoms with Crippen LogP contribution >= 0.6 is 22.9 Å². The molecule has 0 amide bonds. The Bertz CT molecular complexity index is 517. The summed E-state index contributed by atoms with van der Waals surface area (Å²) in [6, 6.07) is 3.09. The molecule has 1 aromatic carbocycles. The number of aromatic nitrogens is 1. The minimum absolute atomic E-state index is 0.0829. The molecule has 4 heteroatoms. The summed E-state index contributed by atoms with van der Waals surface area (Å²) in [6.45, 7) is 3.31. The molecule has 0 saturated heterocycles. The first-order chi connectivity index (χ1) is 6.52. The maximum absolute atomic E-state index is 13.6. The highest BCUT2D eigenvalue weighted by atomic mass is 127. The first kappa shape index (κ1) is 9.89. The van der Waals surface area contributed by atoms with Crippen molar-refractivity contribution in [2.24, 2.45) is 0 Å². The van der Waals surface area contributed by atoms with Gasteiger partial charge in [0.25, 0.3) is 0 Å². The van der Waals surface area contributed by atoms with E-state index in [2.05, 4.69) is 0 Å². The Morgan fingerprint density at radius 2 is 1.86 bits per heavy atom. The summed E-state index contributed by atoms with van der Waals surface area (Å²) in [5.41, 5.74) is 1.58. The number of fused-ring (bicyclic) bond motifs is 1. The second kappa shape index (κ2) is 3.18. The van der Waals surface area contributed by atoms with Crippen LogP contribution in [0.5, 0.6) is 0 Å². The topological polar surface area (TPSA) is 4.93 Å². The zero-order valence-corrected chi connectivity index (χ0v) is 9.89. The third-order valence-electron chi connectivity index (χ3n) is 2.34. The summed E-state index contributed by atoms with van der Waals surface area (Å²) in [5, 5.41) is 0.482. The number of nitrogens with zero attached hydrogens (tertiary/aromatic N) is 1. The zero-order valence-electron chi connectivity index (χ0n) is 7.74. The van der Waals surface area contributed by atoms with Gasteiger partial charge < -0.3 is 0 Å². The lowest BCUT2D eigenvalue weighted by Crippen LogP contribution is -1.90. The smallest absolute Gasteiger partial charge is 0.138 e. The lowest BCUT2D eigenvalue weighted by Gasteiger charge is -2.01. The van der Waals surface area contributed by atoms with Gasteiger partial charge in [-0.15, -0.1) is 0 Å². The number of rotatable bonds is 0. The molecule has 0 aliphatic rings. The molecule has 0 unspecified atom stereocenters. The van der Waals surface area contributed by atoms with Crippen LogP contribution in [-0.2, 0) is 0 Å². The predicted molar refractivity (Wildman–Crippen MR) is 60.7 cm³/mol. The van der Waals surface area contributed by atoms with Gasteiger partial charge in [0.1, 0.15) is 11.6 Å². The Labute approximate surface area is 94.2 Å². The molecule has 14 heavy (non-hydrogen) atoms. The molecule has 0 saturated carbocycles.